The van der Waals surface area contributed by atoms with Crippen molar-refractivity contribution in [2.75, 3.05) is 18.8 Å². The molecule has 3 amide bonds. The molecule has 1 fully saturated rings. The molecule has 0 atom stereocenters. The fourth-order valence-corrected chi connectivity index (χ4v) is 2.95. The summed E-state index contributed by atoms with van der Waals surface area (Å²) >= 11 is 1.55. The standard InChI is InChI=1S/C14H18N2O2S/c1-10-3-4-11(2)12(7-10)8-19-9-13(17)16-6-5-15-14(16)18/h3-4,7H,5-6,8-9H2,1-2H3,(H,15,18). The minimum Gasteiger partial charge on any atom is -0.336 e. The number of carbonyl (C=O) groups is 2. The second kappa shape index (κ2) is 6.10. The van der Waals surface area contributed by atoms with Crippen molar-refractivity contribution in [3.63, 3.8) is 0 Å². The highest BCUT2D eigenvalue weighted by atomic mass is 32.2. The second-order valence-corrected chi connectivity index (χ2v) is 5.69. The minimum absolute atomic E-state index is 0.106. The van der Waals surface area contributed by atoms with Gasteiger partial charge in [-0.3, -0.25) is 9.69 Å². The number of aryl methyl sites for hydroxylation is 2. The first-order valence-electron chi connectivity index (χ1n) is 6.30. The topological polar surface area (TPSA) is 49.4 Å². The average molecular weight is 278 g/mol. The molecule has 0 aliphatic carbocycles. The number of thioether (sulfide) groups is 1. The van der Waals surface area contributed by atoms with Crippen LogP contribution in [0.25, 0.3) is 0 Å². The van der Waals surface area contributed by atoms with Gasteiger partial charge in [0.25, 0.3) is 0 Å². The van der Waals surface area contributed by atoms with Crippen molar-refractivity contribution in [1.82, 2.24) is 10.2 Å². The predicted molar refractivity (Wildman–Crippen MR) is 77.2 cm³/mol. The van der Waals surface area contributed by atoms with Crippen LogP contribution in [-0.4, -0.2) is 35.7 Å². The SMILES string of the molecule is Cc1ccc(C)c(CSCC(=O)N2CCNC2=O)c1. The maximum Gasteiger partial charge on any atom is 0.324 e. The quantitative estimate of drug-likeness (QED) is 0.917. The van der Waals surface area contributed by atoms with E-state index < -0.39 is 0 Å². The molecule has 102 valence electrons. The molecule has 1 aliphatic heterocycles. The summed E-state index contributed by atoms with van der Waals surface area (Å²) in [7, 11) is 0. The molecule has 1 aliphatic rings. The number of imide groups is 1. The van der Waals surface area contributed by atoms with E-state index in [1.807, 2.05) is 0 Å². The van der Waals surface area contributed by atoms with E-state index in [4.69, 9.17) is 0 Å². The van der Waals surface area contributed by atoms with Crippen LogP contribution in [-0.2, 0) is 10.5 Å². The first kappa shape index (κ1) is 13.9. The Balaban J connectivity index is 1.84. The van der Waals surface area contributed by atoms with Crippen LogP contribution >= 0.6 is 11.8 Å². The molecular weight excluding hydrogens is 260 g/mol. The summed E-state index contributed by atoms with van der Waals surface area (Å²) in [5.41, 5.74) is 3.72. The molecule has 0 unspecified atom stereocenters. The zero-order chi connectivity index (χ0) is 13.8. The molecule has 2 rings (SSSR count). The number of hydrogen-bond donors (Lipinski definition) is 1. The van der Waals surface area contributed by atoms with Gasteiger partial charge >= 0.3 is 6.03 Å². The Labute approximate surface area is 117 Å². The van der Waals surface area contributed by atoms with Crippen molar-refractivity contribution in [2.45, 2.75) is 19.6 Å². The molecule has 0 spiro atoms. The maximum absolute atomic E-state index is 11.8. The van der Waals surface area contributed by atoms with E-state index in [2.05, 4.69) is 37.4 Å². The van der Waals surface area contributed by atoms with E-state index in [1.54, 1.807) is 11.8 Å². The van der Waals surface area contributed by atoms with Crippen LogP contribution in [0, 0.1) is 13.8 Å². The van der Waals surface area contributed by atoms with Gasteiger partial charge in [0.05, 0.1) is 5.75 Å². The van der Waals surface area contributed by atoms with E-state index >= 15 is 0 Å². The average Bonchev–Trinajstić information content (AvgIpc) is 2.80. The molecule has 1 N–H and O–H groups in total. The lowest BCUT2D eigenvalue weighted by Gasteiger charge is -2.12. The number of benzene rings is 1. The number of carbonyl (C=O) groups excluding carboxylic acids is 2. The molecule has 19 heavy (non-hydrogen) atoms. The third kappa shape index (κ3) is 3.50. The van der Waals surface area contributed by atoms with Gasteiger partial charge < -0.3 is 5.32 Å². The Kier molecular flexibility index (Phi) is 4.47. The molecule has 0 radical (unpaired) electrons. The van der Waals surface area contributed by atoms with Crippen molar-refractivity contribution in [1.29, 1.82) is 0 Å². The highest BCUT2D eigenvalue weighted by Gasteiger charge is 2.25. The lowest BCUT2D eigenvalue weighted by atomic mass is 10.1. The van der Waals surface area contributed by atoms with Crippen molar-refractivity contribution in [3.8, 4) is 0 Å². The summed E-state index contributed by atoms with van der Waals surface area (Å²) in [5, 5.41) is 2.63. The van der Waals surface area contributed by atoms with Crippen LogP contribution in [0.4, 0.5) is 4.79 Å². The first-order valence-corrected chi connectivity index (χ1v) is 7.45. The molecule has 1 aromatic rings. The van der Waals surface area contributed by atoms with Crippen molar-refractivity contribution in [3.05, 3.63) is 34.9 Å². The zero-order valence-electron chi connectivity index (χ0n) is 11.2. The largest absolute Gasteiger partial charge is 0.336 e. The molecule has 4 nitrogen and oxygen atoms in total. The second-order valence-electron chi connectivity index (χ2n) is 4.70. The number of amides is 3. The zero-order valence-corrected chi connectivity index (χ0v) is 12.0. The normalized spacial score (nSPS) is 14.6. The Hall–Kier alpha value is -1.49. The summed E-state index contributed by atoms with van der Waals surface area (Å²) in [6, 6.07) is 6.07. The summed E-state index contributed by atoms with van der Waals surface area (Å²) < 4.78 is 0. The summed E-state index contributed by atoms with van der Waals surface area (Å²) in [6.07, 6.45) is 0. The fourth-order valence-electron chi connectivity index (χ4n) is 1.99. The predicted octanol–water partition coefficient (Wildman–Crippen LogP) is 2.09. The molecule has 0 saturated carbocycles. The van der Waals surface area contributed by atoms with E-state index in [-0.39, 0.29) is 11.9 Å². The van der Waals surface area contributed by atoms with Crippen LogP contribution in [0.15, 0.2) is 18.2 Å². The number of nitrogens with one attached hydrogen (secondary N) is 1. The van der Waals surface area contributed by atoms with Crippen LogP contribution in [0.1, 0.15) is 16.7 Å². The number of urea groups is 1. The van der Waals surface area contributed by atoms with Gasteiger partial charge in [-0.05, 0) is 25.0 Å². The Morgan fingerprint density at radius 1 is 1.42 bits per heavy atom. The van der Waals surface area contributed by atoms with Crippen molar-refractivity contribution >= 4 is 23.7 Å². The first-order chi connectivity index (χ1) is 9.08. The summed E-state index contributed by atoms with van der Waals surface area (Å²) in [4.78, 5) is 24.5. The van der Waals surface area contributed by atoms with Crippen LogP contribution in [0.3, 0.4) is 0 Å². The third-order valence-corrected chi connectivity index (χ3v) is 4.11. The monoisotopic (exact) mass is 278 g/mol. The fraction of sp³-hybridized carbons (Fsp3) is 0.429. The Morgan fingerprint density at radius 2 is 2.21 bits per heavy atom. The lowest BCUT2D eigenvalue weighted by Crippen LogP contribution is -2.35. The molecule has 0 aromatic heterocycles. The number of nitrogens with zero attached hydrogens (tertiary/aromatic N) is 1. The highest BCUT2D eigenvalue weighted by Crippen LogP contribution is 2.18. The van der Waals surface area contributed by atoms with Gasteiger partial charge in [-0.2, -0.15) is 0 Å². The lowest BCUT2D eigenvalue weighted by molar-refractivity contribution is -0.124. The van der Waals surface area contributed by atoms with Crippen molar-refractivity contribution < 1.29 is 9.59 Å². The molecule has 1 saturated heterocycles. The minimum atomic E-state index is -0.266. The molecule has 1 aromatic carbocycles. The molecule has 5 heteroatoms. The van der Waals surface area contributed by atoms with Crippen LogP contribution in [0.2, 0.25) is 0 Å². The summed E-state index contributed by atoms with van der Waals surface area (Å²) in [5.74, 6) is 1.04. The molecule has 0 bridgehead atoms. The number of hydrogen-bond acceptors (Lipinski definition) is 3. The maximum atomic E-state index is 11.8. The van der Waals surface area contributed by atoms with Gasteiger partial charge in [0.2, 0.25) is 5.91 Å². The van der Waals surface area contributed by atoms with E-state index in [0.29, 0.717) is 18.8 Å². The smallest absolute Gasteiger partial charge is 0.324 e. The number of rotatable bonds is 4. The Morgan fingerprint density at radius 3 is 2.89 bits per heavy atom. The van der Waals surface area contributed by atoms with Crippen molar-refractivity contribution in [2.24, 2.45) is 0 Å². The highest BCUT2D eigenvalue weighted by molar-refractivity contribution is 7.99. The van der Waals surface area contributed by atoms with E-state index in [0.717, 1.165) is 5.75 Å². The van der Waals surface area contributed by atoms with Crippen LogP contribution in [0.5, 0.6) is 0 Å². The summed E-state index contributed by atoms with van der Waals surface area (Å²) in [6.45, 7) is 5.19. The Bertz CT molecular complexity index is 502. The van der Waals surface area contributed by atoms with Gasteiger partial charge in [0.15, 0.2) is 0 Å². The van der Waals surface area contributed by atoms with Crippen LogP contribution < -0.4 is 5.32 Å². The van der Waals surface area contributed by atoms with Gasteiger partial charge in [0.1, 0.15) is 0 Å². The van der Waals surface area contributed by atoms with Gasteiger partial charge in [-0.25, -0.2) is 4.79 Å². The van der Waals surface area contributed by atoms with E-state index in [9.17, 15) is 9.59 Å². The molecular formula is C14H18N2O2S. The van der Waals surface area contributed by atoms with Gasteiger partial charge in [0, 0.05) is 18.8 Å². The third-order valence-electron chi connectivity index (χ3n) is 3.15. The van der Waals surface area contributed by atoms with E-state index in [1.165, 1.54) is 21.6 Å². The van der Waals surface area contributed by atoms with Gasteiger partial charge in [-0.1, -0.05) is 23.8 Å². The van der Waals surface area contributed by atoms with Gasteiger partial charge in [-0.15, -0.1) is 11.8 Å². The molecule has 1 heterocycles.